The number of likely N-dealkylation sites (tertiary alicyclic amines) is 1. The Bertz CT molecular complexity index is 744. The zero-order valence-electron chi connectivity index (χ0n) is 11.8. The Morgan fingerprint density at radius 3 is 2.62 bits per heavy atom. The minimum atomic E-state index is -0.719. The molecule has 0 radical (unpaired) electrons. The molecule has 6 heteroatoms. The molecule has 112 valence electrons. The molecule has 6 nitrogen and oxygen atoms in total. The van der Waals surface area contributed by atoms with Gasteiger partial charge in [0.15, 0.2) is 0 Å². The van der Waals surface area contributed by atoms with Crippen molar-refractivity contribution in [3.8, 4) is 0 Å². The number of hydrogen-bond acceptors (Lipinski definition) is 4. The van der Waals surface area contributed by atoms with Crippen LogP contribution in [0.25, 0.3) is 10.9 Å². The van der Waals surface area contributed by atoms with Gasteiger partial charge in [0, 0.05) is 6.54 Å². The van der Waals surface area contributed by atoms with Gasteiger partial charge in [-0.15, -0.1) is 0 Å². The van der Waals surface area contributed by atoms with Crippen molar-refractivity contribution in [1.29, 1.82) is 0 Å². The Morgan fingerprint density at radius 2 is 1.86 bits per heavy atom. The average molecular weight is 289 g/mol. The van der Waals surface area contributed by atoms with Gasteiger partial charge in [0.1, 0.15) is 0 Å². The molecule has 2 N–H and O–H groups in total. The van der Waals surface area contributed by atoms with E-state index in [1.165, 1.54) is 0 Å². The first-order chi connectivity index (χ1) is 10.1. The molecule has 0 saturated carbocycles. The molecule has 0 spiro atoms. The fraction of sp³-hybridized carbons (Fsp3) is 0.467. The summed E-state index contributed by atoms with van der Waals surface area (Å²) in [7, 11) is 0. The van der Waals surface area contributed by atoms with Crippen LogP contribution in [0.15, 0.2) is 33.9 Å². The van der Waals surface area contributed by atoms with Gasteiger partial charge in [0.25, 0.3) is 5.56 Å². The van der Waals surface area contributed by atoms with Gasteiger partial charge in [-0.3, -0.25) is 9.36 Å². The molecule has 3 rings (SSSR count). The molecule has 1 aliphatic rings. The van der Waals surface area contributed by atoms with Crippen LogP contribution in [0.3, 0.4) is 0 Å². The highest BCUT2D eigenvalue weighted by Crippen LogP contribution is 2.08. The molecule has 2 aromatic rings. The zero-order chi connectivity index (χ0) is 14.8. The Balaban J connectivity index is 1.86. The maximum Gasteiger partial charge on any atom is 0.328 e. The number of aliphatic hydroxyl groups is 1. The highest BCUT2D eigenvalue weighted by molar-refractivity contribution is 5.76. The Hall–Kier alpha value is -1.92. The third-order valence-electron chi connectivity index (χ3n) is 3.95. The van der Waals surface area contributed by atoms with Crippen molar-refractivity contribution >= 4 is 10.9 Å². The fourth-order valence-corrected chi connectivity index (χ4v) is 2.90. The van der Waals surface area contributed by atoms with Crippen LogP contribution in [0.4, 0.5) is 0 Å². The zero-order valence-corrected chi connectivity index (χ0v) is 11.8. The average Bonchev–Trinajstić information content (AvgIpc) is 2.96. The number of nitrogens with one attached hydrogen (secondary N) is 1. The lowest BCUT2D eigenvalue weighted by molar-refractivity contribution is 0.107. The second-order valence-electron chi connectivity index (χ2n) is 5.55. The lowest BCUT2D eigenvalue weighted by Gasteiger charge is -2.19. The molecule has 0 bridgehead atoms. The summed E-state index contributed by atoms with van der Waals surface area (Å²) in [4.78, 5) is 29.2. The van der Waals surface area contributed by atoms with E-state index in [-0.39, 0.29) is 12.1 Å². The number of benzene rings is 1. The van der Waals surface area contributed by atoms with E-state index in [0.717, 1.165) is 30.5 Å². The summed E-state index contributed by atoms with van der Waals surface area (Å²) in [5.74, 6) is 0. The number of aromatic nitrogens is 2. The predicted octanol–water partition coefficient (Wildman–Crippen LogP) is 0.146. The van der Waals surface area contributed by atoms with Crippen molar-refractivity contribution < 1.29 is 5.11 Å². The molecule has 0 amide bonds. The predicted molar refractivity (Wildman–Crippen MR) is 80.5 cm³/mol. The van der Waals surface area contributed by atoms with Gasteiger partial charge in [-0.2, -0.15) is 0 Å². The molecule has 2 heterocycles. The molecule has 1 atom stereocenters. The van der Waals surface area contributed by atoms with E-state index < -0.39 is 11.8 Å². The molecular formula is C15H19N3O3. The maximum absolute atomic E-state index is 12.3. The first-order valence-corrected chi connectivity index (χ1v) is 7.27. The summed E-state index contributed by atoms with van der Waals surface area (Å²) >= 11 is 0. The lowest BCUT2D eigenvalue weighted by atomic mass is 10.2. The van der Waals surface area contributed by atoms with E-state index in [4.69, 9.17) is 0 Å². The van der Waals surface area contributed by atoms with Crippen molar-refractivity contribution in [1.82, 2.24) is 14.5 Å². The van der Waals surface area contributed by atoms with Crippen LogP contribution < -0.4 is 11.2 Å². The Kier molecular flexibility index (Phi) is 3.90. The van der Waals surface area contributed by atoms with E-state index in [2.05, 4.69) is 9.88 Å². The number of rotatable bonds is 4. The first kappa shape index (κ1) is 14.0. The number of aliphatic hydroxyl groups excluding tert-OH is 1. The molecule has 0 aliphatic carbocycles. The fourth-order valence-electron chi connectivity index (χ4n) is 2.90. The molecular weight excluding hydrogens is 270 g/mol. The van der Waals surface area contributed by atoms with Crippen molar-refractivity contribution in [3.63, 3.8) is 0 Å². The van der Waals surface area contributed by atoms with Crippen LogP contribution >= 0.6 is 0 Å². The molecule has 1 saturated heterocycles. The summed E-state index contributed by atoms with van der Waals surface area (Å²) in [5.41, 5.74) is -0.299. The van der Waals surface area contributed by atoms with Crippen LogP contribution in [-0.4, -0.2) is 45.3 Å². The minimum Gasteiger partial charge on any atom is -0.390 e. The molecule has 1 aliphatic heterocycles. The lowest BCUT2D eigenvalue weighted by Crippen LogP contribution is -2.41. The Labute approximate surface area is 121 Å². The molecule has 1 unspecified atom stereocenters. The number of hydrogen-bond donors (Lipinski definition) is 2. The van der Waals surface area contributed by atoms with E-state index in [1.54, 1.807) is 24.3 Å². The van der Waals surface area contributed by atoms with Gasteiger partial charge >= 0.3 is 5.69 Å². The number of fused-ring (bicyclic) bond motifs is 1. The molecule has 1 fully saturated rings. The normalized spacial score (nSPS) is 17.4. The number of aromatic amines is 1. The third kappa shape index (κ3) is 2.91. The number of para-hydroxylation sites is 1. The Morgan fingerprint density at radius 1 is 1.14 bits per heavy atom. The second-order valence-corrected chi connectivity index (χ2v) is 5.55. The van der Waals surface area contributed by atoms with Crippen molar-refractivity contribution in [2.24, 2.45) is 0 Å². The summed E-state index contributed by atoms with van der Waals surface area (Å²) in [6.07, 6.45) is 1.56. The summed E-state index contributed by atoms with van der Waals surface area (Å²) in [6.45, 7) is 2.47. The highest BCUT2D eigenvalue weighted by atomic mass is 16.3. The molecule has 1 aromatic carbocycles. The summed E-state index contributed by atoms with van der Waals surface area (Å²) in [5, 5.41) is 10.6. The van der Waals surface area contributed by atoms with Gasteiger partial charge in [0.05, 0.1) is 23.6 Å². The van der Waals surface area contributed by atoms with E-state index in [1.807, 2.05) is 0 Å². The van der Waals surface area contributed by atoms with Gasteiger partial charge in [-0.1, -0.05) is 12.1 Å². The van der Waals surface area contributed by atoms with Crippen molar-refractivity contribution in [3.05, 3.63) is 45.1 Å². The standard InChI is InChI=1S/C15H19N3O3/c19-11(9-17-7-3-4-8-17)10-18-14(20)12-5-1-2-6-13(12)16-15(18)21/h1-2,5-6,11,19H,3-4,7-10H2,(H,16,21). The van der Waals surface area contributed by atoms with E-state index in [0.29, 0.717) is 17.4 Å². The largest absolute Gasteiger partial charge is 0.390 e. The molecule has 1 aromatic heterocycles. The maximum atomic E-state index is 12.3. The minimum absolute atomic E-state index is 0.0233. The van der Waals surface area contributed by atoms with Crippen molar-refractivity contribution in [2.45, 2.75) is 25.5 Å². The van der Waals surface area contributed by atoms with Gasteiger partial charge in [0.2, 0.25) is 0 Å². The summed E-state index contributed by atoms with van der Waals surface area (Å²) in [6, 6.07) is 6.90. The van der Waals surface area contributed by atoms with Gasteiger partial charge in [-0.05, 0) is 38.1 Å². The van der Waals surface area contributed by atoms with Crippen LogP contribution in [0, 0.1) is 0 Å². The van der Waals surface area contributed by atoms with E-state index in [9.17, 15) is 14.7 Å². The quantitative estimate of drug-likeness (QED) is 0.839. The SMILES string of the molecule is O=c1[nH]c2ccccc2c(=O)n1CC(O)CN1CCCC1. The third-order valence-corrected chi connectivity index (χ3v) is 3.95. The van der Waals surface area contributed by atoms with Crippen LogP contribution in [0.1, 0.15) is 12.8 Å². The van der Waals surface area contributed by atoms with Gasteiger partial charge < -0.3 is 15.0 Å². The van der Waals surface area contributed by atoms with Gasteiger partial charge in [-0.25, -0.2) is 4.79 Å². The van der Waals surface area contributed by atoms with Crippen LogP contribution in [0.5, 0.6) is 0 Å². The topological polar surface area (TPSA) is 78.3 Å². The highest BCUT2D eigenvalue weighted by Gasteiger charge is 2.17. The second kappa shape index (κ2) is 5.83. The number of β-amino-alcohol motifs (C(OH)–C–C–N with tert-alkyl or cyclic N) is 1. The van der Waals surface area contributed by atoms with Crippen molar-refractivity contribution in [2.75, 3.05) is 19.6 Å². The molecule has 21 heavy (non-hydrogen) atoms. The van der Waals surface area contributed by atoms with Crippen LogP contribution in [-0.2, 0) is 6.54 Å². The first-order valence-electron chi connectivity index (χ1n) is 7.27. The number of H-pyrrole nitrogens is 1. The monoisotopic (exact) mass is 289 g/mol. The smallest absolute Gasteiger partial charge is 0.328 e. The number of nitrogens with zero attached hydrogens (tertiary/aromatic N) is 2. The van der Waals surface area contributed by atoms with Crippen LogP contribution in [0.2, 0.25) is 0 Å². The van der Waals surface area contributed by atoms with E-state index >= 15 is 0 Å². The summed E-state index contributed by atoms with van der Waals surface area (Å²) < 4.78 is 1.09.